The summed E-state index contributed by atoms with van der Waals surface area (Å²) >= 11 is 0. The first-order valence-electron chi connectivity index (χ1n) is 3.09. The average molecular weight is 115 g/mol. The summed E-state index contributed by atoms with van der Waals surface area (Å²) < 4.78 is 5.12. The van der Waals surface area contributed by atoms with E-state index in [9.17, 15) is 0 Å². The van der Waals surface area contributed by atoms with E-state index in [1.165, 1.54) is 0 Å². The van der Waals surface area contributed by atoms with Gasteiger partial charge in [-0.1, -0.05) is 0 Å². The van der Waals surface area contributed by atoms with Gasteiger partial charge in [0.15, 0.2) is 0 Å². The minimum absolute atomic E-state index is 0.463. The van der Waals surface area contributed by atoms with E-state index in [-0.39, 0.29) is 0 Å². The zero-order valence-corrected chi connectivity index (χ0v) is 5.48. The van der Waals surface area contributed by atoms with Crippen molar-refractivity contribution in [2.75, 3.05) is 13.7 Å². The average Bonchev–Trinajstić information content (AvgIpc) is 2.14. The zero-order chi connectivity index (χ0) is 5.98. The summed E-state index contributed by atoms with van der Waals surface area (Å²) in [6.07, 6.45) is 1.63. The Kier molecular flexibility index (Phi) is 1.86. The van der Waals surface area contributed by atoms with Gasteiger partial charge in [0.05, 0.1) is 6.10 Å². The molecule has 2 nitrogen and oxygen atoms in total. The number of methoxy groups -OCH3 is 1. The maximum atomic E-state index is 5.12. The second kappa shape index (κ2) is 2.46. The summed E-state index contributed by atoms with van der Waals surface area (Å²) in [7, 11) is 1.77. The van der Waals surface area contributed by atoms with Gasteiger partial charge in [-0.2, -0.15) is 0 Å². The maximum Gasteiger partial charge on any atom is 0.0710 e. The molecule has 1 saturated heterocycles. The monoisotopic (exact) mass is 115 g/mol. The molecule has 1 heterocycles. The van der Waals surface area contributed by atoms with Gasteiger partial charge in [-0.05, 0) is 13.3 Å². The summed E-state index contributed by atoms with van der Waals surface area (Å²) in [4.78, 5) is 0. The molecule has 0 saturated carbocycles. The van der Waals surface area contributed by atoms with Crippen LogP contribution in [0.2, 0.25) is 0 Å². The van der Waals surface area contributed by atoms with E-state index in [4.69, 9.17) is 4.74 Å². The van der Waals surface area contributed by atoms with E-state index < -0.39 is 0 Å². The van der Waals surface area contributed by atoms with Crippen molar-refractivity contribution in [3.05, 3.63) is 0 Å². The molecular weight excluding hydrogens is 102 g/mol. The standard InChI is InChI=1S/C6H13NO/c1-5-3-6(8-2)4-7-5/h5-7H,3-4H2,1-2H3. The molecule has 48 valence electrons. The fourth-order valence-electron chi connectivity index (χ4n) is 1.07. The van der Waals surface area contributed by atoms with Gasteiger partial charge in [0.25, 0.3) is 0 Å². The third-order valence-electron chi connectivity index (χ3n) is 1.64. The lowest BCUT2D eigenvalue weighted by Gasteiger charge is -2.02. The summed E-state index contributed by atoms with van der Waals surface area (Å²) in [5, 5.41) is 3.30. The molecule has 0 amide bonds. The first-order chi connectivity index (χ1) is 3.83. The van der Waals surface area contributed by atoms with Crippen molar-refractivity contribution in [3.8, 4) is 0 Å². The molecule has 8 heavy (non-hydrogen) atoms. The maximum absolute atomic E-state index is 5.12. The van der Waals surface area contributed by atoms with E-state index >= 15 is 0 Å². The Morgan fingerprint density at radius 2 is 2.38 bits per heavy atom. The quantitative estimate of drug-likeness (QED) is 0.533. The highest BCUT2D eigenvalue weighted by molar-refractivity contribution is 4.77. The highest BCUT2D eigenvalue weighted by Crippen LogP contribution is 2.07. The lowest BCUT2D eigenvalue weighted by atomic mass is 10.2. The number of hydrogen-bond acceptors (Lipinski definition) is 2. The lowest BCUT2D eigenvalue weighted by molar-refractivity contribution is 0.118. The number of hydrogen-bond donors (Lipinski definition) is 1. The summed E-state index contributed by atoms with van der Waals surface area (Å²) in [6, 6.07) is 0.653. The molecule has 2 heteroatoms. The second-order valence-corrected chi connectivity index (χ2v) is 2.40. The molecule has 1 fully saturated rings. The zero-order valence-electron chi connectivity index (χ0n) is 5.48. The van der Waals surface area contributed by atoms with Gasteiger partial charge in [-0.3, -0.25) is 0 Å². The molecule has 0 aromatic heterocycles. The van der Waals surface area contributed by atoms with Crippen LogP contribution in [0, 0.1) is 0 Å². The first-order valence-corrected chi connectivity index (χ1v) is 3.09. The second-order valence-electron chi connectivity index (χ2n) is 2.40. The molecule has 1 aliphatic heterocycles. The summed E-state index contributed by atoms with van der Waals surface area (Å²) in [6.45, 7) is 3.21. The van der Waals surface area contributed by atoms with Crippen LogP contribution in [0.1, 0.15) is 13.3 Å². The fraction of sp³-hybridized carbons (Fsp3) is 1.00. The van der Waals surface area contributed by atoms with Gasteiger partial charge >= 0.3 is 0 Å². The van der Waals surface area contributed by atoms with Crippen molar-refractivity contribution in [2.45, 2.75) is 25.5 Å². The molecule has 0 bridgehead atoms. The van der Waals surface area contributed by atoms with Crippen molar-refractivity contribution < 1.29 is 4.74 Å². The van der Waals surface area contributed by atoms with Gasteiger partial charge in [0, 0.05) is 19.7 Å². The molecule has 1 N–H and O–H groups in total. The molecule has 0 aromatic carbocycles. The van der Waals surface area contributed by atoms with Gasteiger partial charge in [-0.25, -0.2) is 0 Å². The first kappa shape index (κ1) is 6.05. The van der Waals surface area contributed by atoms with Crippen LogP contribution in [0.15, 0.2) is 0 Å². The Hall–Kier alpha value is -0.0800. The highest BCUT2D eigenvalue weighted by Gasteiger charge is 2.18. The van der Waals surface area contributed by atoms with E-state index in [1.807, 2.05) is 0 Å². The van der Waals surface area contributed by atoms with Crippen molar-refractivity contribution in [2.24, 2.45) is 0 Å². The van der Waals surface area contributed by atoms with E-state index in [0.29, 0.717) is 12.1 Å². The van der Waals surface area contributed by atoms with E-state index in [0.717, 1.165) is 13.0 Å². The van der Waals surface area contributed by atoms with Crippen molar-refractivity contribution in [3.63, 3.8) is 0 Å². The third kappa shape index (κ3) is 1.20. The van der Waals surface area contributed by atoms with Crippen molar-refractivity contribution in [1.29, 1.82) is 0 Å². The smallest absolute Gasteiger partial charge is 0.0710 e. The van der Waals surface area contributed by atoms with Crippen LogP contribution in [-0.4, -0.2) is 25.8 Å². The predicted molar refractivity (Wildman–Crippen MR) is 32.9 cm³/mol. The van der Waals surface area contributed by atoms with E-state index in [2.05, 4.69) is 12.2 Å². The Balaban J connectivity index is 2.22. The minimum atomic E-state index is 0.463. The molecule has 2 unspecified atom stereocenters. The van der Waals surface area contributed by atoms with Gasteiger partial charge in [-0.15, -0.1) is 0 Å². The molecular formula is C6H13NO. The van der Waals surface area contributed by atoms with Crippen LogP contribution in [0.3, 0.4) is 0 Å². The topological polar surface area (TPSA) is 21.3 Å². The van der Waals surface area contributed by atoms with Crippen LogP contribution in [0.4, 0.5) is 0 Å². The van der Waals surface area contributed by atoms with Crippen LogP contribution in [-0.2, 0) is 4.74 Å². The third-order valence-corrected chi connectivity index (χ3v) is 1.64. The molecule has 0 aromatic rings. The van der Waals surface area contributed by atoms with Crippen LogP contribution < -0.4 is 5.32 Å². The Bertz CT molecular complexity index is 74.9. The van der Waals surface area contributed by atoms with Crippen LogP contribution in [0.5, 0.6) is 0 Å². The van der Waals surface area contributed by atoms with Gasteiger partial charge in [0.2, 0.25) is 0 Å². The van der Waals surface area contributed by atoms with Gasteiger partial charge in [0.1, 0.15) is 0 Å². The molecule has 2 atom stereocenters. The fourth-order valence-corrected chi connectivity index (χ4v) is 1.07. The predicted octanol–water partition coefficient (Wildman–Crippen LogP) is 0.383. The van der Waals surface area contributed by atoms with Crippen molar-refractivity contribution >= 4 is 0 Å². The summed E-state index contributed by atoms with van der Waals surface area (Å²) in [5.74, 6) is 0. The number of ether oxygens (including phenoxy) is 1. The molecule has 1 rings (SSSR count). The minimum Gasteiger partial charge on any atom is -0.380 e. The highest BCUT2D eigenvalue weighted by atomic mass is 16.5. The molecule has 0 spiro atoms. The number of rotatable bonds is 1. The van der Waals surface area contributed by atoms with Crippen molar-refractivity contribution in [1.82, 2.24) is 5.32 Å². The lowest BCUT2D eigenvalue weighted by Crippen LogP contribution is -2.18. The normalized spacial score (nSPS) is 38.2. The van der Waals surface area contributed by atoms with Crippen LogP contribution >= 0.6 is 0 Å². The molecule has 1 aliphatic rings. The Labute approximate surface area is 50.2 Å². The molecule has 0 aliphatic carbocycles. The summed E-state index contributed by atoms with van der Waals surface area (Å²) in [5.41, 5.74) is 0. The Morgan fingerprint density at radius 1 is 1.62 bits per heavy atom. The Morgan fingerprint density at radius 3 is 2.62 bits per heavy atom. The largest absolute Gasteiger partial charge is 0.380 e. The van der Waals surface area contributed by atoms with E-state index in [1.54, 1.807) is 7.11 Å². The van der Waals surface area contributed by atoms with Gasteiger partial charge < -0.3 is 10.1 Å². The van der Waals surface area contributed by atoms with Crippen LogP contribution in [0.25, 0.3) is 0 Å². The SMILES string of the molecule is COC1CNC(C)C1. The number of nitrogens with one attached hydrogen (secondary N) is 1. The molecule has 0 radical (unpaired) electrons.